The van der Waals surface area contributed by atoms with E-state index in [2.05, 4.69) is 4.98 Å². The lowest BCUT2D eigenvalue weighted by atomic mass is 9.68. The Balaban J connectivity index is 1.33. The number of fused-ring (bicyclic) bond motifs is 9. The van der Waals surface area contributed by atoms with Crippen LogP contribution < -0.4 is 14.5 Å². The first kappa shape index (κ1) is 22.2. The van der Waals surface area contributed by atoms with Gasteiger partial charge in [-0.15, -0.1) is 11.8 Å². The van der Waals surface area contributed by atoms with Crippen molar-refractivity contribution in [3.63, 3.8) is 0 Å². The summed E-state index contributed by atoms with van der Waals surface area (Å²) in [7, 11) is 0. The first-order valence-electron chi connectivity index (χ1n) is 12.3. The number of H-pyrrole nitrogens is 1. The summed E-state index contributed by atoms with van der Waals surface area (Å²) in [6.45, 7) is 2.29. The second-order valence-electron chi connectivity index (χ2n) is 9.97. The van der Waals surface area contributed by atoms with Gasteiger partial charge >= 0.3 is 4.87 Å². The highest BCUT2D eigenvalue weighted by Crippen LogP contribution is 2.68. The average molecular weight is 521 g/mol. The Kier molecular flexibility index (Phi) is 4.92. The molecule has 1 saturated heterocycles. The predicted octanol–water partition coefficient (Wildman–Crippen LogP) is 4.22. The Morgan fingerprint density at radius 2 is 1.81 bits per heavy atom. The van der Waals surface area contributed by atoms with Gasteiger partial charge in [-0.25, -0.2) is 0 Å². The van der Waals surface area contributed by atoms with Gasteiger partial charge in [0.25, 0.3) is 0 Å². The van der Waals surface area contributed by atoms with Gasteiger partial charge in [0.2, 0.25) is 11.8 Å². The van der Waals surface area contributed by atoms with Gasteiger partial charge in [0.05, 0.1) is 29.2 Å². The molecule has 36 heavy (non-hydrogen) atoms. The fourth-order valence-electron chi connectivity index (χ4n) is 7.22. The van der Waals surface area contributed by atoms with Crippen LogP contribution in [0.4, 0.5) is 5.69 Å². The molecule has 2 bridgehead atoms. The third-order valence-corrected chi connectivity index (χ3v) is 11.0. The molecular weight excluding hydrogens is 496 g/mol. The standard InChI is InChI=1S/C27H24N2O5S2/c1-2-34-17-10-12(8-9-16(17)30)18-19-14-11-15(22(19)35-24-23(18)36-27(33)28-24)21-20(14)25(31)29(26(21)32)13-6-4-3-5-7-13/h3-10,14-15,18-22,30H,2,11H2,1H3,(H,28,33)/t14-,15+,18+,19+,20+,21+,22-/m0/s1. The third-order valence-electron chi connectivity index (χ3n) is 8.38. The molecule has 1 aromatic heterocycles. The van der Waals surface area contributed by atoms with Gasteiger partial charge in [-0.3, -0.25) is 19.3 Å². The van der Waals surface area contributed by atoms with Crippen LogP contribution in [-0.4, -0.2) is 33.8 Å². The van der Waals surface area contributed by atoms with Crippen molar-refractivity contribution >= 4 is 40.6 Å². The number of para-hydroxylation sites is 1. The second kappa shape index (κ2) is 7.98. The molecule has 4 aliphatic rings. The van der Waals surface area contributed by atoms with Crippen LogP contribution in [0.15, 0.2) is 58.4 Å². The van der Waals surface area contributed by atoms with E-state index in [9.17, 15) is 19.5 Å². The zero-order valence-corrected chi connectivity index (χ0v) is 21.1. The normalized spacial score (nSPS) is 31.9. The number of ether oxygens (including phenoxy) is 1. The lowest BCUT2D eigenvalue weighted by molar-refractivity contribution is -0.123. The maximum absolute atomic E-state index is 13.7. The first-order chi connectivity index (χ1) is 17.5. The van der Waals surface area contributed by atoms with Crippen LogP contribution in [0.25, 0.3) is 0 Å². The number of hydrogen-bond donors (Lipinski definition) is 2. The molecule has 184 valence electrons. The zero-order chi connectivity index (χ0) is 24.7. The molecule has 2 aromatic carbocycles. The highest BCUT2D eigenvalue weighted by Gasteiger charge is 2.69. The number of hydrogen-bond acceptors (Lipinski definition) is 7. The number of imide groups is 1. The van der Waals surface area contributed by atoms with Crippen molar-refractivity contribution in [3.05, 3.63) is 68.6 Å². The van der Waals surface area contributed by atoms with Crippen LogP contribution in [0.5, 0.6) is 11.5 Å². The highest BCUT2D eigenvalue weighted by molar-refractivity contribution is 8.00. The highest BCUT2D eigenvalue weighted by atomic mass is 32.2. The SMILES string of the molecule is CCOc1cc([C@H]2c3sc(=O)[nH]c3S[C@H]3[C@@H]4C[C@H]([C@H]5C(=O)N(c6ccccc6)C(=O)[C@H]45)[C@H]23)ccc1O. The van der Waals surface area contributed by atoms with E-state index in [0.29, 0.717) is 18.0 Å². The molecule has 7 nitrogen and oxygen atoms in total. The fraction of sp³-hybridized carbons (Fsp3) is 0.370. The number of aromatic amines is 1. The van der Waals surface area contributed by atoms with Crippen LogP contribution in [0.3, 0.4) is 0 Å². The molecular formula is C27H24N2O5S2. The number of carbonyl (C=O) groups is 2. The number of thiazole rings is 1. The molecule has 0 unspecified atom stereocenters. The predicted molar refractivity (Wildman–Crippen MR) is 137 cm³/mol. The van der Waals surface area contributed by atoms with Crippen molar-refractivity contribution in [1.29, 1.82) is 0 Å². The largest absolute Gasteiger partial charge is 0.504 e. The van der Waals surface area contributed by atoms with Crippen molar-refractivity contribution in [1.82, 2.24) is 4.98 Å². The van der Waals surface area contributed by atoms with Crippen LogP contribution in [0.2, 0.25) is 0 Å². The van der Waals surface area contributed by atoms with Crippen molar-refractivity contribution in [2.24, 2.45) is 29.6 Å². The monoisotopic (exact) mass is 520 g/mol. The van der Waals surface area contributed by atoms with Crippen molar-refractivity contribution < 1.29 is 19.4 Å². The molecule has 0 spiro atoms. The lowest BCUT2D eigenvalue weighted by Crippen LogP contribution is -2.42. The van der Waals surface area contributed by atoms with Gasteiger partial charge in [-0.1, -0.05) is 35.6 Å². The molecule has 2 amide bonds. The number of amides is 2. The van der Waals surface area contributed by atoms with Crippen LogP contribution in [0.1, 0.15) is 29.7 Å². The number of nitrogens with zero attached hydrogens (tertiary/aromatic N) is 1. The maximum atomic E-state index is 13.7. The number of anilines is 1. The summed E-state index contributed by atoms with van der Waals surface area (Å²) in [5.41, 5.74) is 1.60. The van der Waals surface area contributed by atoms with Gasteiger partial charge in [0.15, 0.2) is 11.5 Å². The van der Waals surface area contributed by atoms with Gasteiger partial charge in [0, 0.05) is 16.0 Å². The molecule has 3 heterocycles. The molecule has 9 heteroatoms. The van der Waals surface area contributed by atoms with Crippen LogP contribution in [-0.2, 0) is 9.59 Å². The number of phenols is 1. The number of aromatic hydroxyl groups is 1. The van der Waals surface area contributed by atoms with E-state index >= 15 is 0 Å². The molecule has 2 saturated carbocycles. The minimum absolute atomic E-state index is 0.0439. The molecule has 2 aliphatic carbocycles. The van der Waals surface area contributed by atoms with Gasteiger partial charge in [-0.2, -0.15) is 0 Å². The summed E-state index contributed by atoms with van der Waals surface area (Å²) in [6, 6.07) is 14.6. The number of carbonyl (C=O) groups excluding carboxylic acids is 2. The Bertz CT molecular complexity index is 1450. The van der Waals surface area contributed by atoms with Gasteiger partial charge < -0.3 is 14.8 Å². The maximum Gasteiger partial charge on any atom is 0.305 e. The molecule has 2 N–H and O–H groups in total. The number of nitrogens with one attached hydrogen (secondary N) is 1. The van der Waals surface area contributed by atoms with E-state index in [4.69, 9.17) is 4.74 Å². The minimum Gasteiger partial charge on any atom is -0.504 e. The number of thioether (sulfide) groups is 1. The Hall–Kier alpha value is -3.04. The van der Waals surface area contributed by atoms with E-state index in [0.717, 1.165) is 21.9 Å². The molecule has 3 fully saturated rings. The van der Waals surface area contributed by atoms with E-state index in [-0.39, 0.29) is 63.2 Å². The number of rotatable bonds is 4. The second-order valence-corrected chi connectivity index (χ2v) is 12.2. The first-order valence-corrected chi connectivity index (χ1v) is 14.0. The topological polar surface area (TPSA) is 99.7 Å². The minimum atomic E-state index is -0.340. The summed E-state index contributed by atoms with van der Waals surface area (Å²) in [6.07, 6.45) is 0.837. The summed E-state index contributed by atoms with van der Waals surface area (Å²) >= 11 is 2.89. The average Bonchev–Trinajstić information content (AvgIpc) is 3.60. The molecule has 3 aromatic rings. The zero-order valence-electron chi connectivity index (χ0n) is 19.4. The van der Waals surface area contributed by atoms with Gasteiger partial charge in [0.1, 0.15) is 0 Å². The van der Waals surface area contributed by atoms with E-state index in [1.165, 1.54) is 16.2 Å². The quantitative estimate of drug-likeness (QED) is 0.500. The third kappa shape index (κ3) is 2.96. The Morgan fingerprint density at radius 3 is 2.56 bits per heavy atom. The van der Waals surface area contributed by atoms with E-state index in [1.807, 2.05) is 49.4 Å². The van der Waals surface area contributed by atoms with Crippen LogP contribution in [0, 0.1) is 29.6 Å². The number of aromatic nitrogens is 1. The summed E-state index contributed by atoms with van der Waals surface area (Å²) in [5.74, 6) is -0.246. The summed E-state index contributed by atoms with van der Waals surface area (Å²) < 4.78 is 5.67. The molecule has 0 radical (unpaired) electrons. The number of phenolic OH excluding ortho intramolecular Hbond substituents is 1. The Labute approximate surface area is 215 Å². The van der Waals surface area contributed by atoms with Gasteiger partial charge in [-0.05, 0) is 60.9 Å². The van der Waals surface area contributed by atoms with E-state index in [1.54, 1.807) is 17.8 Å². The summed E-state index contributed by atoms with van der Waals surface area (Å²) in [5, 5.41) is 11.3. The van der Waals surface area contributed by atoms with E-state index < -0.39 is 0 Å². The van der Waals surface area contributed by atoms with Crippen molar-refractivity contribution in [2.75, 3.05) is 11.5 Å². The smallest absolute Gasteiger partial charge is 0.305 e. The number of benzene rings is 2. The van der Waals surface area contributed by atoms with Crippen molar-refractivity contribution in [2.45, 2.75) is 29.5 Å². The fourth-order valence-corrected chi connectivity index (χ4v) is 10.1. The van der Waals surface area contributed by atoms with Crippen LogP contribution >= 0.6 is 23.1 Å². The Morgan fingerprint density at radius 1 is 1.06 bits per heavy atom. The summed E-state index contributed by atoms with van der Waals surface area (Å²) in [4.78, 5) is 45.1. The molecule has 7 rings (SSSR count). The molecule has 2 aliphatic heterocycles. The molecule has 7 atom stereocenters. The van der Waals surface area contributed by atoms with Crippen molar-refractivity contribution in [3.8, 4) is 11.5 Å². The lowest BCUT2D eigenvalue weighted by Gasteiger charge is -2.43.